The molecule has 0 bridgehead atoms. The molecular formula is C23H34N4. The van der Waals surface area contributed by atoms with Crippen LogP contribution >= 0.6 is 0 Å². The summed E-state index contributed by atoms with van der Waals surface area (Å²) in [7, 11) is 4.25. The molecule has 0 fully saturated rings. The molecule has 1 heterocycles. The molecule has 27 heavy (non-hydrogen) atoms. The maximum Gasteiger partial charge on any atom is 0.136 e. The van der Waals surface area contributed by atoms with E-state index >= 15 is 0 Å². The molecule has 3 rings (SSSR count). The summed E-state index contributed by atoms with van der Waals surface area (Å²) in [4.78, 5) is 12.2. The first-order valence-electron chi connectivity index (χ1n) is 10.4. The van der Waals surface area contributed by atoms with Crippen LogP contribution in [-0.2, 0) is 0 Å². The zero-order chi connectivity index (χ0) is 19.2. The Bertz CT molecular complexity index is 772. The average molecular weight is 367 g/mol. The SMILES string of the molecule is CCN(CC)CCCN1C(=NCCCN(C)C)c2cccc3cccc1c23. The van der Waals surface area contributed by atoms with Crippen molar-refractivity contribution >= 4 is 22.3 Å². The van der Waals surface area contributed by atoms with Gasteiger partial charge in [-0.2, -0.15) is 0 Å². The van der Waals surface area contributed by atoms with Gasteiger partial charge in [-0.3, -0.25) is 4.99 Å². The lowest BCUT2D eigenvalue weighted by Gasteiger charge is -2.24. The molecule has 2 aromatic carbocycles. The van der Waals surface area contributed by atoms with Gasteiger partial charge in [-0.25, -0.2) is 0 Å². The Morgan fingerprint density at radius 1 is 0.926 bits per heavy atom. The largest absolute Gasteiger partial charge is 0.326 e. The number of amidine groups is 1. The van der Waals surface area contributed by atoms with Crippen LogP contribution in [0, 0.1) is 0 Å². The van der Waals surface area contributed by atoms with E-state index in [1.54, 1.807) is 0 Å². The fourth-order valence-electron chi connectivity index (χ4n) is 3.95. The minimum absolute atomic E-state index is 0.879. The molecule has 0 spiro atoms. The minimum atomic E-state index is 0.879. The third-order valence-electron chi connectivity index (χ3n) is 5.45. The molecular weight excluding hydrogens is 332 g/mol. The highest BCUT2D eigenvalue weighted by Crippen LogP contribution is 2.37. The van der Waals surface area contributed by atoms with E-state index in [-0.39, 0.29) is 0 Å². The summed E-state index contributed by atoms with van der Waals surface area (Å²) in [6, 6.07) is 13.3. The fraction of sp³-hybridized carbons (Fsp3) is 0.522. The number of anilines is 1. The summed E-state index contributed by atoms with van der Waals surface area (Å²) in [6.07, 6.45) is 2.25. The fourth-order valence-corrected chi connectivity index (χ4v) is 3.95. The molecule has 146 valence electrons. The third-order valence-corrected chi connectivity index (χ3v) is 5.45. The second-order valence-corrected chi connectivity index (χ2v) is 7.58. The second-order valence-electron chi connectivity index (χ2n) is 7.58. The predicted molar refractivity (Wildman–Crippen MR) is 118 cm³/mol. The minimum Gasteiger partial charge on any atom is -0.326 e. The van der Waals surface area contributed by atoms with E-state index in [1.807, 2.05) is 0 Å². The number of nitrogens with zero attached hydrogens (tertiary/aromatic N) is 4. The van der Waals surface area contributed by atoms with Gasteiger partial charge in [0.1, 0.15) is 5.84 Å². The van der Waals surface area contributed by atoms with Gasteiger partial charge in [0, 0.05) is 24.0 Å². The first-order chi connectivity index (χ1) is 13.2. The van der Waals surface area contributed by atoms with Crippen LogP contribution in [0.5, 0.6) is 0 Å². The summed E-state index contributed by atoms with van der Waals surface area (Å²) < 4.78 is 0. The molecule has 0 aromatic heterocycles. The van der Waals surface area contributed by atoms with Crippen molar-refractivity contribution in [1.29, 1.82) is 0 Å². The van der Waals surface area contributed by atoms with E-state index in [0.717, 1.165) is 52.1 Å². The van der Waals surface area contributed by atoms with Crippen molar-refractivity contribution in [2.24, 2.45) is 4.99 Å². The van der Waals surface area contributed by atoms with Crippen LogP contribution in [-0.4, -0.2) is 69.0 Å². The van der Waals surface area contributed by atoms with E-state index in [2.05, 4.69) is 79.0 Å². The van der Waals surface area contributed by atoms with Gasteiger partial charge in [0.2, 0.25) is 0 Å². The Morgan fingerprint density at radius 3 is 2.37 bits per heavy atom. The Hall–Kier alpha value is -1.91. The summed E-state index contributed by atoms with van der Waals surface area (Å²) in [6.45, 7) is 10.9. The van der Waals surface area contributed by atoms with Gasteiger partial charge in [-0.05, 0) is 64.6 Å². The van der Waals surface area contributed by atoms with Crippen molar-refractivity contribution < 1.29 is 0 Å². The second kappa shape index (κ2) is 9.34. The van der Waals surface area contributed by atoms with Crippen molar-refractivity contribution in [1.82, 2.24) is 9.80 Å². The van der Waals surface area contributed by atoms with Gasteiger partial charge in [-0.15, -0.1) is 0 Å². The molecule has 0 radical (unpaired) electrons. The van der Waals surface area contributed by atoms with Crippen LogP contribution in [0.3, 0.4) is 0 Å². The molecule has 4 nitrogen and oxygen atoms in total. The summed E-state index contributed by atoms with van der Waals surface area (Å²) in [5.41, 5.74) is 2.63. The number of aliphatic imine (C=N–C) groups is 1. The first-order valence-corrected chi connectivity index (χ1v) is 10.4. The third kappa shape index (κ3) is 4.50. The highest BCUT2D eigenvalue weighted by atomic mass is 15.2. The van der Waals surface area contributed by atoms with E-state index in [4.69, 9.17) is 4.99 Å². The van der Waals surface area contributed by atoms with Crippen LogP contribution < -0.4 is 4.90 Å². The normalized spacial score (nSPS) is 15.0. The van der Waals surface area contributed by atoms with Gasteiger partial charge < -0.3 is 14.7 Å². The summed E-state index contributed by atoms with van der Waals surface area (Å²) >= 11 is 0. The van der Waals surface area contributed by atoms with E-state index in [0.29, 0.717) is 0 Å². The van der Waals surface area contributed by atoms with E-state index in [1.165, 1.54) is 27.9 Å². The molecule has 0 aliphatic carbocycles. The molecule has 1 aliphatic heterocycles. The first kappa shape index (κ1) is 19.8. The summed E-state index contributed by atoms with van der Waals surface area (Å²) in [5.74, 6) is 1.17. The number of benzene rings is 2. The lowest BCUT2D eigenvalue weighted by Crippen LogP contribution is -2.32. The van der Waals surface area contributed by atoms with E-state index < -0.39 is 0 Å². The molecule has 0 saturated carbocycles. The lowest BCUT2D eigenvalue weighted by molar-refractivity contribution is 0.302. The Kier molecular flexibility index (Phi) is 6.86. The quantitative estimate of drug-likeness (QED) is 0.591. The molecule has 4 heteroatoms. The van der Waals surface area contributed by atoms with Gasteiger partial charge in [0.25, 0.3) is 0 Å². The van der Waals surface area contributed by atoms with Crippen LogP contribution in [0.15, 0.2) is 41.4 Å². The van der Waals surface area contributed by atoms with Gasteiger partial charge in [0.15, 0.2) is 0 Å². The van der Waals surface area contributed by atoms with E-state index in [9.17, 15) is 0 Å². The Morgan fingerprint density at radius 2 is 1.67 bits per heavy atom. The monoisotopic (exact) mass is 366 g/mol. The van der Waals surface area contributed by atoms with Gasteiger partial charge >= 0.3 is 0 Å². The molecule has 0 N–H and O–H groups in total. The standard InChI is InChI=1S/C23H34N4/c1-5-26(6-2)17-10-18-27-21-14-8-12-19-11-7-13-20(22(19)21)23(27)24-15-9-16-25(3)4/h7-8,11-14H,5-6,9-10,15-18H2,1-4H3. The van der Waals surface area contributed by atoms with Crippen LogP contribution in [0.4, 0.5) is 5.69 Å². The molecule has 0 saturated heterocycles. The van der Waals surface area contributed by atoms with Crippen molar-refractivity contribution in [3.05, 3.63) is 42.0 Å². The van der Waals surface area contributed by atoms with Crippen LogP contribution in [0.2, 0.25) is 0 Å². The van der Waals surface area contributed by atoms with Crippen molar-refractivity contribution in [2.75, 3.05) is 58.3 Å². The maximum absolute atomic E-state index is 5.06. The van der Waals surface area contributed by atoms with Gasteiger partial charge in [0.05, 0.1) is 5.69 Å². The highest BCUT2D eigenvalue weighted by Gasteiger charge is 2.27. The molecule has 1 aliphatic rings. The van der Waals surface area contributed by atoms with Crippen molar-refractivity contribution in [3.63, 3.8) is 0 Å². The average Bonchev–Trinajstić information content (AvgIpc) is 2.97. The molecule has 2 aromatic rings. The zero-order valence-electron chi connectivity index (χ0n) is 17.4. The van der Waals surface area contributed by atoms with Crippen molar-refractivity contribution in [2.45, 2.75) is 26.7 Å². The molecule has 0 unspecified atom stereocenters. The maximum atomic E-state index is 5.06. The summed E-state index contributed by atoms with van der Waals surface area (Å²) in [5, 5.41) is 2.69. The Balaban J connectivity index is 1.82. The number of hydrogen-bond acceptors (Lipinski definition) is 3. The topological polar surface area (TPSA) is 22.1 Å². The molecule has 0 atom stereocenters. The predicted octanol–water partition coefficient (Wildman–Crippen LogP) is 4.09. The zero-order valence-corrected chi connectivity index (χ0v) is 17.4. The number of rotatable bonds is 10. The molecule has 0 amide bonds. The number of hydrogen-bond donors (Lipinski definition) is 0. The highest BCUT2D eigenvalue weighted by molar-refractivity contribution is 6.27. The Labute approximate surface area is 164 Å². The van der Waals surface area contributed by atoms with Gasteiger partial charge in [-0.1, -0.05) is 44.2 Å². The van der Waals surface area contributed by atoms with Crippen LogP contribution in [0.1, 0.15) is 32.3 Å². The van der Waals surface area contributed by atoms with Crippen LogP contribution in [0.25, 0.3) is 10.8 Å². The lowest BCUT2D eigenvalue weighted by atomic mass is 10.1. The smallest absolute Gasteiger partial charge is 0.136 e. The van der Waals surface area contributed by atoms with Crippen molar-refractivity contribution in [3.8, 4) is 0 Å².